The molecule has 0 saturated carbocycles. The normalized spacial score (nSPS) is 17.4. The molecule has 0 unspecified atom stereocenters. The van der Waals surface area contributed by atoms with Crippen molar-refractivity contribution in [2.45, 2.75) is 32.4 Å². The van der Waals surface area contributed by atoms with E-state index in [4.69, 9.17) is 9.47 Å². The second-order valence-corrected chi connectivity index (χ2v) is 7.66. The Morgan fingerprint density at radius 2 is 1.90 bits per heavy atom. The molecule has 1 heterocycles. The lowest BCUT2D eigenvalue weighted by molar-refractivity contribution is -0.139. The monoisotopic (exact) mass is 398 g/mol. The molecule has 3 rings (SSSR count). The Bertz CT molecular complexity index is 810. The first-order valence-electron chi connectivity index (χ1n) is 10.1. The Balaban J connectivity index is 1.81. The zero-order valence-corrected chi connectivity index (χ0v) is 17.4. The molecule has 6 nitrogen and oxygen atoms in total. The lowest BCUT2D eigenvalue weighted by Gasteiger charge is -2.42. The van der Waals surface area contributed by atoms with Crippen molar-refractivity contribution < 1.29 is 19.4 Å². The molecule has 6 heteroatoms. The number of benzene rings is 2. The number of aliphatic carboxylic acids is 1. The summed E-state index contributed by atoms with van der Waals surface area (Å²) >= 11 is 0. The predicted molar refractivity (Wildman–Crippen MR) is 114 cm³/mol. The van der Waals surface area contributed by atoms with Gasteiger partial charge in [0.15, 0.2) is 11.5 Å². The van der Waals surface area contributed by atoms with E-state index in [1.54, 1.807) is 7.11 Å². The smallest absolute Gasteiger partial charge is 0.317 e. The van der Waals surface area contributed by atoms with E-state index < -0.39 is 5.97 Å². The molecule has 1 N–H and O–H groups in total. The number of anilines is 1. The summed E-state index contributed by atoms with van der Waals surface area (Å²) in [4.78, 5) is 15.7. The Hall–Kier alpha value is -2.73. The molecule has 156 valence electrons. The predicted octanol–water partition coefficient (Wildman–Crippen LogP) is 3.30. The number of hydrogen-bond acceptors (Lipinski definition) is 5. The maximum Gasteiger partial charge on any atom is 0.317 e. The standard InChI is InChI=1S/C23H30N2O4/c1-17(2)29-22-14-19(9-10-21(22)28-3)24-11-12-25(16-23(26)27)20(15-24)13-18-7-5-4-6-8-18/h4-10,14,17,20H,11-13,15-16H2,1-3H3,(H,26,27)/t20-/m0/s1. The van der Waals surface area contributed by atoms with Crippen molar-refractivity contribution in [1.82, 2.24) is 4.90 Å². The van der Waals surface area contributed by atoms with Gasteiger partial charge < -0.3 is 19.5 Å². The Morgan fingerprint density at radius 3 is 2.55 bits per heavy atom. The van der Waals surface area contributed by atoms with E-state index in [0.29, 0.717) is 12.3 Å². The molecular formula is C23H30N2O4. The SMILES string of the molecule is COc1ccc(N2CCN(CC(=O)O)[C@@H](Cc3ccccc3)C2)cc1OC(C)C. The second kappa shape index (κ2) is 9.65. The summed E-state index contributed by atoms with van der Waals surface area (Å²) in [6, 6.07) is 16.4. The van der Waals surface area contributed by atoms with Gasteiger partial charge >= 0.3 is 5.97 Å². The molecule has 1 saturated heterocycles. The van der Waals surface area contributed by atoms with Gasteiger partial charge in [-0.25, -0.2) is 0 Å². The first kappa shape index (κ1) is 21.0. The molecule has 29 heavy (non-hydrogen) atoms. The minimum Gasteiger partial charge on any atom is -0.493 e. The van der Waals surface area contributed by atoms with E-state index in [0.717, 1.165) is 30.9 Å². The van der Waals surface area contributed by atoms with Crippen LogP contribution >= 0.6 is 0 Å². The summed E-state index contributed by atoms with van der Waals surface area (Å²) in [7, 11) is 1.64. The molecule has 0 aromatic heterocycles. The van der Waals surface area contributed by atoms with E-state index in [-0.39, 0.29) is 18.7 Å². The molecule has 0 amide bonds. The average molecular weight is 399 g/mol. The Kier molecular flexibility index (Phi) is 6.99. The Morgan fingerprint density at radius 1 is 1.14 bits per heavy atom. The maximum absolute atomic E-state index is 11.3. The van der Waals surface area contributed by atoms with Gasteiger partial charge in [-0.05, 0) is 38.0 Å². The van der Waals surface area contributed by atoms with E-state index in [1.165, 1.54) is 5.56 Å². The van der Waals surface area contributed by atoms with Crippen molar-refractivity contribution in [1.29, 1.82) is 0 Å². The lowest BCUT2D eigenvalue weighted by atomic mass is 10.0. The molecule has 0 radical (unpaired) electrons. The summed E-state index contributed by atoms with van der Waals surface area (Å²) in [5.74, 6) is 0.661. The minimum absolute atomic E-state index is 0.0531. The van der Waals surface area contributed by atoms with E-state index in [1.807, 2.05) is 50.2 Å². The van der Waals surface area contributed by atoms with Gasteiger partial charge in [-0.2, -0.15) is 0 Å². The van der Waals surface area contributed by atoms with Crippen LogP contribution in [0.25, 0.3) is 0 Å². The molecule has 0 spiro atoms. The maximum atomic E-state index is 11.3. The van der Waals surface area contributed by atoms with Crippen molar-refractivity contribution >= 4 is 11.7 Å². The minimum atomic E-state index is -0.784. The Labute approximate surface area is 172 Å². The van der Waals surface area contributed by atoms with Crippen LogP contribution in [0.5, 0.6) is 11.5 Å². The molecular weight excluding hydrogens is 368 g/mol. The van der Waals surface area contributed by atoms with Gasteiger partial charge in [0.2, 0.25) is 0 Å². The fraction of sp³-hybridized carbons (Fsp3) is 0.435. The fourth-order valence-electron chi connectivity index (χ4n) is 3.80. The highest BCUT2D eigenvalue weighted by Gasteiger charge is 2.29. The average Bonchev–Trinajstić information content (AvgIpc) is 2.69. The van der Waals surface area contributed by atoms with E-state index >= 15 is 0 Å². The van der Waals surface area contributed by atoms with Crippen molar-refractivity contribution in [3.8, 4) is 11.5 Å². The van der Waals surface area contributed by atoms with E-state index in [2.05, 4.69) is 21.9 Å². The van der Waals surface area contributed by atoms with Crippen LogP contribution < -0.4 is 14.4 Å². The van der Waals surface area contributed by atoms with Gasteiger partial charge in [0, 0.05) is 37.4 Å². The van der Waals surface area contributed by atoms with Gasteiger partial charge in [-0.3, -0.25) is 9.69 Å². The summed E-state index contributed by atoms with van der Waals surface area (Å²) < 4.78 is 11.4. The molecule has 1 aliphatic heterocycles. The highest BCUT2D eigenvalue weighted by atomic mass is 16.5. The van der Waals surface area contributed by atoms with Crippen molar-refractivity contribution in [2.75, 3.05) is 38.2 Å². The van der Waals surface area contributed by atoms with Crippen molar-refractivity contribution in [3.63, 3.8) is 0 Å². The number of ether oxygens (including phenoxy) is 2. The third kappa shape index (κ3) is 5.64. The lowest BCUT2D eigenvalue weighted by Crippen LogP contribution is -2.55. The number of hydrogen-bond donors (Lipinski definition) is 1. The van der Waals surface area contributed by atoms with Crippen molar-refractivity contribution in [3.05, 3.63) is 54.1 Å². The zero-order chi connectivity index (χ0) is 20.8. The number of carbonyl (C=O) groups is 1. The number of rotatable bonds is 8. The summed E-state index contributed by atoms with van der Waals surface area (Å²) in [6.45, 7) is 6.28. The van der Waals surface area contributed by atoms with Crippen LogP contribution in [0.15, 0.2) is 48.5 Å². The third-order valence-electron chi connectivity index (χ3n) is 5.13. The molecule has 2 aromatic carbocycles. The number of carboxylic acids is 1. The van der Waals surface area contributed by atoms with Crippen LogP contribution in [0.1, 0.15) is 19.4 Å². The summed E-state index contributed by atoms with van der Waals surface area (Å²) in [5, 5.41) is 9.32. The molecule has 1 atom stereocenters. The first-order valence-corrected chi connectivity index (χ1v) is 10.1. The van der Waals surface area contributed by atoms with Crippen LogP contribution in [0.3, 0.4) is 0 Å². The van der Waals surface area contributed by atoms with Gasteiger partial charge in [0.05, 0.1) is 19.8 Å². The van der Waals surface area contributed by atoms with Crippen LogP contribution in [0.2, 0.25) is 0 Å². The molecule has 2 aromatic rings. The summed E-state index contributed by atoms with van der Waals surface area (Å²) in [5.41, 5.74) is 2.28. The molecule has 0 bridgehead atoms. The van der Waals surface area contributed by atoms with Crippen LogP contribution in [-0.2, 0) is 11.2 Å². The quantitative estimate of drug-likeness (QED) is 0.736. The van der Waals surface area contributed by atoms with Crippen LogP contribution in [0, 0.1) is 0 Å². The number of methoxy groups -OCH3 is 1. The number of carboxylic acid groups (broad SMARTS) is 1. The largest absolute Gasteiger partial charge is 0.493 e. The topological polar surface area (TPSA) is 62.2 Å². The molecule has 0 aliphatic carbocycles. The van der Waals surface area contributed by atoms with Gasteiger partial charge in [0.25, 0.3) is 0 Å². The number of nitrogens with zero attached hydrogens (tertiary/aromatic N) is 2. The van der Waals surface area contributed by atoms with Crippen LogP contribution in [0.4, 0.5) is 5.69 Å². The van der Waals surface area contributed by atoms with Gasteiger partial charge in [-0.15, -0.1) is 0 Å². The van der Waals surface area contributed by atoms with Crippen LogP contribution in [-0.4, -0.2) is 61.4 Å². The third-order valence-corrected chi connectivity index (χ3v) is 5.13. The summed E-state index contributed by atoms with van der Waals surface area (Å²) in [6.07, 6.45) is 0.869. The second-order valence-electron chi connectivity index (χ2n) is 7.66. The number of piperazine rings is 1. The highest BCUT2D eigenvalue weighted by molar-refractivity contribution is 5.69. The fourth-order valence-corrected chi connectivity index (χ4v) is 3.80. The van der Waals surface area contributed by atoms with Gasteiger partial charge in [-0.1, -0.05) is 30.3 Å². The van der Waals surface area contributed by atoms with E-state index in [9.17, 15) is 9.90 Å². The highest BCUT2D eigenvalue weighted by Crippen LogP contribution is 2.33. The van der Waals surface area contributed by atoms with Crippen molar-refractivity contribution in [2.24, 2.45) is 0 Å². The molecule has 1 fully saturated rings. The van der Waals surface area contributed by atoms with Gasteiger partial charge in [0.1, 0.15) is 0 Å². The first-order chi connectivity index (χ1) is 14.0. The molecule has 1 aliphatic rings. The zero-order valence-electron chi connectivity index (χ0n) is 17.4.